The Morgan fingerprint density at radius 3 is 3.18 bits per heavy atom. The second-order valence-electron chi connectivity index (χ2n) is 3.84. The maximum Gasteiger partial charge on any atom is 0.280 e. The van der Waals surface area contributed by atoms with E-state index >= 15 is 0 Å². The molecule has 2 aromatic heterocycles. The van der Waals surface area contributed by atoms with Gasteiger partial charge in [0.05, 0.1) is 12.2 Å². The van der Waals surface area contributed by atoms with Crippen molar-refractivity contribution in [2.75, 3.05) is 20.2 Å². The molecule has 0 unspecified atom stereocenters. The number of methoxy groups -OCH3 is 1. The van der Waals surface area contributed by atoms with Crippen LogP contribution in [-0.4, -0.2) is 45.3 Å². The van der Waals surface area contributed by atoms with E-state index in [-0.39, 0.29) is 0 Å². The van der Waals surface area contributed by atoms with Crippen molar-refractivity contribution >= 4 is 0 Å². The van der Waals surface area contributed by atoms with Crippen molar-refractivity contribution in [1.82, 2.24) is 30.5 Å². The second-order valence-corrected chi connectivity index (χ2v) is 3.84. The van der Waals surface area contributed by atoms with Gasteiger partial charge in [0.15, 0.2) is 11.5 Å². The highest BCUT2D eigenvalue weighted by Gasteiger charge is 2.21. The van der Waals surface area contributed by atoms with Crippen molar-refractivity contribution in [3.8, 4) is 11.6 Å². The van der Waals surface area contributed by atoms with E-state index in [0.717, 1.165) is 13.1 Å². The molecule has 90 valence electrons. The zero-order chi connectivity index (χ0) is 11.7. The van der Waals surface area contributed by atoms with Gasteiger partial charge in [0, 0.05) is 20.2 Å². The molecule has 1 fully saturated rings. The quantitative estimate of drug-likeness (QED) is 0.773. The zero-order valence-corrected chi connectivity index (χ0v) is 9.33. The van der Waals surface area contributed by atoms with Crippen LogP contribution in [0.15, 0.2) is 10.7 Å². The third kappa shape index (κ3) is 1.92. The molecule has 0 amide bonds. The summed E-state index contributed by atoms with van der Waals surface area (Å²) in [6, 6.07) is 0.373. The summed E-state index contributed by atoms with van der Waals surface area (Å²) >= 11 is 0. The van der Waals surface area contributed by atoms with Crippen LogP contribution in [0.4, 0.5) is 0 Å². The number of ether oxygens (including phenoxy) is 1. The van der Waals surface area contributed by atoms with Crippen molar-refractivity contribution in [1.29, 1.82) is 0 Å². The molecule has 0 bridgehead atoms. The van der Waals surface area contributed by atoms with E-state index in [4.69, 9.17) is 9.26 Å². The van der Waals surface area contributed by atoms with Crippen molar-refractivity contribution in [2.45, 2.75) is 12.6 Å². The molecule has 8 heteroatoms. The van der Waals surface area contributed by atoms with E-state index in [9.17, 15) is 0 Å². The summed E-state index contributed by atoms with van der Waals surface area (Å²) < 4.78 is 11.8. The molecule has 8 nitrogen and oxygen atoms in total. The van der Waals surface area contributed by atoms with Crippen molar-refractivity contribution in [3.05, 3.63) is 12.0 Å². The van der Waals surface area contributed by atoms with Crippen molar-refractivity contribution in [3.63, 3.8) is 0 Å². The van der Waals surface area contributed by atoms with E-state index in [0.29, 0.717) is 30.1 Å². The lowest BCUT2D eigenvalue weighted by molar-refractivity contribution is 0.174. The smallest absolute Gasteiger partial charge is 0.280 e. The molecule has 3 heterocycles. The number of nitrogens with zero attached hydrogens (tertiary/aromatic N) is 5. The normalized spacial score (nSPS) is 16.1. The van der Waals surface area contributed by atoms with Gasteiger partial charge in [-0.3, -0.25) is 0 Å². The van der Waals surface area contributed by atoms with Crippen LogP contribution in [0.2, 0.25) is 0 Å². The fourth-order valence-corrected chi connectivity index (χ4v) is 1.56. The molecule has 2 aromatic rings. The van der Waals surface area contributed by atoms with E-state index in [1.807, 2.05) is 10.9 Å². The molecule has 17 heavy (non-hydrogen) atoms. The van der Waals surface area contributed by atoms with Gasteiger partial charge in [-0.25, -0.2) is 4.68 Å². The molecule has 0 aliphatic carbocycles. The molecule has 1 N–H and O–H groups in total. The van der Waals surface area contributed by atoms with Gasteiger partial charge in [-0.2, -0.15) is 4.98 Å². The Kier molecular flexibility index (Phi) is 2.57. The summed E-state index contributed by atoms with van der Waals surface area (Å²) in [4.78, 5) is 4.15. The van der Waals surface area contributed by atoms with Crippen LogP contribution < -0.4 is 5.32 Å². The van der Waals surface area contributed by atoms with Crippen LogP contribution in [0.3, 0.4) is 0 Å². The number of aromatic nitrogens is 5. The maximum absolute atomic E-state index is 5.08. The lowest BCUT2D eigenvalue weighted by Crippen LogP contribution is -2.43. The van der Waals surface area contributed by atoms with E-state index < -0.39 is 0 Å². The summed E-state index contributed by atoms with van der Waals surface area (Å²) in [5.41, 5.74) is 0.590. The van der Waals surface area contributed by atoms with Crippen LogP contribution in [0.1, 0.15) is 11.9 Å². The average molecular weight is 236 g/mol. The molecule has 0 saturated carbocycles. The Bertz CT molecular complexity index is 503. The standard InChI is InChI=1S/C9H12N6O2/c1-16-5-8-11-9(17-13-8)7-4-15(14-12-7)6-2-10-3-6/h4,6,10H,2-3,5H2,1H3. The number of hydrogen-bond acceptors (Lipinski definition) is 7. The van der Waals surface area contributed by atoms with Crippen LogP contribution in [0.5, 0.6) is 0 Å². The summed E-state index contributed by atoms with van der Waals surface area (Å²) in [5.74, 6) is 0.873. The molecule has 1 saturated heterocycles. The van der Waals surface area contributed by atoms with Gasteiger partial charge < -0.3 is 14.6 Å². The van der Waals surface area contributed by atoms with Crippen molar-refractivity contribution in [2.24, 2.45) is 0 Å². The Labute approximate surface area is 97.0 Å². The predicted molar refractivity (Wildman–Crippen MR) is 55.9 cm³/mol. The Morgan fingerprint density at radius 1 is 1.59 bits per heavy atom. The van der Waals surface area contributed by atoms with E-state index in [2.05, 4.69) is 25.8 Å². The van der Waals surface area contributed by atoms with Gasteiger partial charge in [0.1, 0.15) is 6.61 Å². The number of nitrogens with one attached hydrogen (secondary N) is 1. The van der Waals surface area contributed by atoms with Crippen LogP contribution in [0.25, 0.3) is 11.6 Å². The molecule has 0 spiro atoms. The van der Waals surface area contributed by atoms with Gasteiger partial charge in [0.2, 0.25) is 0 Å². The van der Waals surface area contributed by atoms with Gasteiger partial charge >= 0.3 is 0 Å². The Balaban J connectivity index is 1.79. The minimum Gasteiger partial charge on any atom is -0.377 e. The average Bonchev–Trinajstić information content (AvgIpc) is 2.84. The fraction of sp³-hybridized carbons (Fsp3) is 0.556. The molecular weight excluding hydrogens is 224 g/mol. The Morgan fingerprint density at radius 2 is 2.47 bits per heavy atom. The first-order valence-corrected chi connectivity index (χ1v) is 5.31. The van der Waals surface area contributed by atoms with E-state index in [1.54, 1.807) is 7.11 Å². The lowest BCUT2D eigenvalue weighted by atomic mass is 10.2. The van der Waals surface area contributed by atoms with Crippen LogP contribution >= 0.6 is 0 Å². The van der Waals surface area contributed by atoms with Crippen LogP contribution in [0, 0.1) is 0 Å². The molecule has 0 atom stereocenters. The zero-order valence-electron chi connectivity index (χ0n) is 9.33. The SMILES string of the molecule is COCc1noc(-c2cn(C3CNC3)nn2)n1. The topological polar surface area (TPSA) is 90.9 Å². The fourth-order valence-electron chi connectivity index (χ4n) is 1.56. The number of hydrogen-bond donors (Lipinski definition) is 1. The first-order chi connectivity index (χ1) is 8.36. The van der Waals surface area contributed by atoms with Gasteiger partial charge in [-0.15, -0.1) is 5.10 Å². The summed E-state index contributed by atoms with van der Waals surface area (Å²) in [7, 11) is 1.58. The minimum atomic E-state index is 0.324. The van der Waals surface area contributed by atoms with Crippen LogP contribution in [-0.2, 0) is 11.3 Å². The maximum atomic E-state index is 5.08. The molecule has 0 radical (unpaired) electrons. The predicted octanol–water partition coefficient (Wildman–Crippen LogP) is -0.381. The molecule has 3 rings (SSSR count). The third-order valence-electron chi connectivity index (χ3n) is 2.60. The molecule has 0 aromatic carbocycles. The lowest BCUT2D eigenvalue weighted by Gasteiger charge is -2.26. The number of rotatable bonds is 4. The summed E-state index contributed by atoms with van der Waals surface area (Å²) in [5, 5.41) is 15.0. The molecular formula is C9H12N6O2. The van der Waals surface area contributed by atoms with E-state index in [1.165, 1.54) is 0 Å². The highest BCUT2D eigenvalue weighted by Crippen LogP contribution is 2.17. The highest BCUT2D eigenvalue weighted by atomic mass is 16.5. The Hall–Kier alpha value is -1.80. The van der Waals surface area contributed by atoms with Gasteiger partial charge in [-0.05, 0) is 0 Å². The van der Waals surface area contributed by atoms with Gasteiger partial charge in [-0.1, -0.05) is 10.4 Å². The minimum absolute atomic E-state index is 0.324. The monoisotopic (exact) mass is 236 g/mol. The molecule has 1 aliphatic rings. The summed E-state index contributed by atoms with van der Waals surface area (Å²) in [6.45, 7) is 2.16. The molecule has 1 aliphatic heterocycles. The van der Waals surface area contributed by atoms with Gasteiger partial charge in [0.25, 0.3) is 5.89 Å². The second kappa shape index (κ2) is 4.22. The first-order valence-electron chi connectivity index (χ1n) is 5.31. The first kappa shape index (κ1) is 10.4. The largest absolute Gasteiger partial charge is 0.377 e. The third-order valence-corrected chi connectivity index (χ3v) is 2.60. The highest BCUT2D eigenvalue weighted by molar-refractivity contribution is 5.43. The van der Waals surface area contributed by atoms with Crippen molar-refractivity contribution < 1.29 is 9.26 Å². The summed E-state index contributed by atoms with van der Waals surface area (Å²) in [6.07, 6.45) is 1.82.